The zero-order valence-electron chi connectivity index (χ0n) is 20.7. The van der Waals surface area contributed by atoms with Gasteiger partial charge in [-0.05, 0) is 36.6 Å². The molecule has 0 unspecified atom stereocenters. The zero-order chi connectivity index (χ0) is 25.1. The van der Waals surface area contributed by atoms with Crippen molar-refractivity contribution in [3.05, 3.63) is 83.3 Å². The highest BCUT2D eigenvalue weighted by atomic mass is 16.5. The Morgan fingerprint density at radius 1 is 1.08 bits per heavy atom. The van der Waals surface area contributed by atoms with Crippen LogP contribution in [0, 0.1) is 6.92 Å². The van der Waals surface area contributed by atoms with E-state index in [9.17, 15) is 4.79 Å². The Morgan fingerprint density at radius 2 is 1.89 bits per heavy atom. The van der Waals surface area contributed by atoms with Crippen LogP contribution in [-0.4, -0.2) is 44.5 Å². The van der Waals surface area contributed by atoms with Gasteiger partial charge in [0.15, 0.2) is 5.82 Å². The first-order valence-electron chi connectivity index (χ1n) is 12.0. The molecular formula is C28H28N6O2. The third-order valence-corrected chi connectivity index (χ3v) is 6.40. The number of nitrogens with one attached hydrogen (secondary N) is 1. The van der Waals surface area contributed by atoms with Crippen LogP contribution in [0.2, 0.25) is 0 Å². The van der Waals surface area contributed by atoms with Gasteiger partial charge in [0.05, 0.1) is 30.6 Å². The number of urea groups is 1. The number of amides is 2. The molecular weight excluding hydrogens is 452 g/mol. The van der Waals surface area contributed by atoms with Crippen molar-refractivity contribution in [1.82, 2.24) is 24.8 Å². The van der Waals surface area contributed by atoms with Crippen molar-refractivity contribution >= 4 is 11.7 Å². The van der Waals surface area contributed by atoms with Crippen LogP contribution in [-0.2, 0) is 19.4 Å². The summed E-state index contributed by atoms with van der Waals surface area (Å²) in [5.74, 6) is 0.559. The molecule has 4 aromatic rings. The largest absolute Gasteiger partial charge is 0.467 e. The number of fused-ring (bicyclic) bond motifs is 1. The van der Waals surface area contributed by atoms with Gasteiger partial charge < -0.3 is 15.0 Å². The van der Waals surface area contributed by atoms with Gasteiger partial charge in [0.25, 0.3) is 0 Å². The van der Waals surface area contributed by atoms with Crippen LogP contribution in [0.5, 0.6) is 6.01 Å². The minimum Gasteiger partial charge on any atom is -0.467 e. The first-order valence-corrected chi connectivity index (χ1v) is 12.0. The normalized spacial score (nSPS) is 12.7. The van der Waals surface area contributed by atoms with Gasteiger partial charge in [-0.15, -0.1) is 0 Å². The fraction of sp³-hybridized carbons (Fsp3) is 0.250. The van der Waals surface area contributed by atoms with Crippen molar-refractivity contribution in [3.8, 4) is 28.7 Å². The first-order chi connectivity index (χ1) is 17.6. The summed E-state index contributed by atoms with van der Waals surface area (Å²) < 4.78 is 5.09. The number of aromatic nitrogens is 4. The molecule has 36 heavy (non-hydrogen) atoms. The van der Waals surface area contributed by atoms with Gasteiger partial charge in [-0.25, -0.2) is 24.7 Å². The number of hydrogen-bond acceptors (Lipinski definition) is 6. The maximum atomic E-state index is 13.2. The van der Waals surface area contributed by atoms with Gasteiger partial charge in [-0.1, -0.05) is 43.3 Å². The highest BCUT2D eigenvalue weighted by Crippen LogP contribution is 2.32. The van der Waals surface area contributed by atoms with Gasteiger partial charge in [-0.3, -0.25) is 0 Å². The Bertz CT molecular complexity index is 1400. The molecule has 0 radical (unpaired) electrons. The molecule has 0 atom stereocenters. The molecule has 8 nitrogen and oxygen atoms in total. The lowest BCUT2D eigenvalue weighted by atomic mass is 9.96. The smallest absolute Gasteiger partial charge is 0.322 e. The summed E-state index contributed by atoms with van der Waals surface area (Å²) in [6.45, 7) is 5.16. The fourth-order valence-corrected chi connectivity index (χ4v) is 4.39. The predicted octanol–water partition coefficient (Wildman–Crippen LogP) is 5.07. The first kappa shape index (κ1) is 23.4. The third-order valence-electron chi connectivity index (χ3n) is 6.40. The lowest BCUT2D eigenvalue weighted by Crippen LogP contribution is -2.39. The highest BCUT2D eigenvalue weighted by Gasteiger charge is 2.27. The molecule has 0 saturated heterocycles. The molecule has 1 aliphatic heterocycles. The number of aryl methyl sites for hydroxylation is 2. The van der Waals surface area contributed by atoms with E-state index in [4.69, 9.17) is 14.7 Å². The van der Waals surface area contributed by atoms with E-state index in [2.05, 4.69) is 47.3 Å². The summed E-state index contributed by atoms with van der Waals surface area (Å²) in [6, 6.07) is 16.3. The summed E-state index contributed by atoms with van der Waals surface area (Å²) >= 11 is 0. The van der Waals surface area contributed by atoms with Crippen LogP contribution >= 0.6 is 0 Å². The minimum atomic E-state index is -0.128. The summed E-state index contributed by atoms with van der Waals surface area (Å²) in [6.07, 6.45) is 4.88. The van der Waals surface area contributed by atoms with Crippen LogP contribution in [0.1, 0.15) is 29.3 Å². The van der Waals surface area contributed by atoms with Crippen LogP contribution in [0.25, 0.3) is 22.6 Å². The third kappa shape index (κ3) is 4.75. The van der Waals surface area contributed by atoms with Crippen LogP contribution in [0.3, 0.4) is 0 Å². The molecule has 3 heterocycles. The second-order valence-corrected chi connectivity index (χ2v) is 8.75. The van der Waals surface area contributed by atoms with E-state index in [0.717, 1.165) is 40.2 Å². The van der Waals surface area contributed by atoms with Gasteiger partial charge in [-0.2, -0.15) is 0 Å². The molecule has 0 fully saturated rings. The molecule has 0 spiro atoms. The van der Waals surface area contributed by atoms with Crippen molar-refractivity contribution in [3.63, 3.8) is 0 Å². The van der Waals surface area contributed by atoms with E-state index in [0.29, 0.717) is 36.9 Å². The minimum absolute atomic E-state index is 0.128. The quantitative estimate of drug-likeness (QED) is 0.429. The number of hydrogen-bond donors (Lipinski definition) is 1. The summed E-state index contributed by atoms with van der Waals surface area (Å²) in [4.78, 5) is 33.3. The number of carbonyl (C=O) groups is 1. The predicted molar refractivity (Wildman–Crippen MR) is 139 cm³/mol. The topological polar surface area (TPSA) is 93.1 Å². The molecule has 0 aliphatic carbocycles. The standard InChI is InChI=1S/C28H28N6O2/c1-4-19-9-7-10-21(14-19)31-28(35)34-13-12-24-23(17-34)25(22-11-6-5-8-18(22)2)33-26(32-24)20-15-29-27(36-3)30-16-20/h5-11,14-16H,4,12-13,17H2,1-3H3,(H,31,35). The molecule has 0 bridgehead atoms. The Kier molecular flexibility index (Phi) is 6.58. The summed E-state index contributed by atoms with van der Waals surface area (Å²) in [7, 11) is 1.53. The molecule has 1 aliphatic rings. The average Bonchev–Trinajstić information content (AvgIpc) is 2.92. The number of ether oxygens (including phenoxy) is 1. The van der Waals surface area contributed by atoms with E-state index in [1.54, 1.807) is 12.4 Å². The maximum Gasteiger partial charge on any atom is 0.322 e. The van der Waals surface area contributed by atoms with E-state index < -0.39 is 0 Å². The van der Waals surface area contributed by atoms with E-state index in [-0.39, 0.29) is 6.03 Å². The van der Waals surface area contributed by atoms with Crippen molar-refractivity contribution in [2.45, 2.75) is 33.2 Å². The Balaban J connectivity index is 1.50. The van der Waals surface area contributed by atoms with Crippen molar-refractivity contribution < 1.29 is 9.53 Å². The van der Waals surface area contributed by atoms with Crippen molar-refractivity contribution in [1.29, 1.82) is 0 Å². The Morgan fingerprint density at radius 3 is 2.64 bits per heavy atom. The number of benzene rings is 2. The summed E-state index contributed by atoms with van der Waals surface area (Å²) in [5, 5.41) is 3.05. The average molecular weight is 481 g/mol. The Labute approximate surface area is 210 Å². The summed E-state index contributed by atoms with van der Waals surface area (Å²) in [5.41, 5.74) is 7.55. The zero-order valence-corrected chi connectivity index (χ0v) is 20.7. The monoisotopic (exact) mass is 480 g/mol. The Hall–Kier alpha value is -4.33. The van der Waals surface area contributed by atoms with Gasteiger partial charge in [0, 0.05) is 42.2 Å². The lowest BCUT2D eigenvalue weighted by molar-refractivity contribution is 0.206. The lowest BCUT2D eigenvalue weighted by Gasteiger charge is -2.30. The molecule has 8 heteroatoms. The second-order valence-electron chi connectivity index (χ2n) is 8.75. The van der Waals surface area contributed by atoms with Crippen molar-refractivity contribution in [2.24, 2.45) is 0 Å². The molecule has 1 N–H and O–H groups in total. The number of nitrogens with zero attached hydrogens (tertiary/aromatic N) is 5. The molecule has 2 aromatic heterocycles. The number of rotatable bonds is 5. The molecule has 2 aromatic carbocycles. The van der Waals surface area contributed by atoms with Crippen molar-refractivity contribution in [2.75, 3.05) is 19.0 Å². The SMILES string of the molecule is CCc1cccc(NC(=O)N2CCc3nc(-c4cnc(OC)nc4)nc(-c4ccccc4C)c3C2)c1. The second kappa shape index (κ2) is 10.1. The van der Waals surface area contributed by atoms with Crippen LogP contribution in [0.15, 0.2) is 60.9 Å². The number of anilines is 1. The van der Waals surface area contributed by atoms with E-state index >= 15 is 0 Å². The van der Waals surface area contributed by atoms with Gasteiger partial charge >= 0.3 is 12.0 Å². The molecule has 182 valence electrons. The molecule has 2 amide bonds. The molecule has 5 rings (SSSR count). The van der Waals surface area contributed by atoms with E-state index in [1.165, 1.54) is 12.7 Å². The van der Waals surface area contributed by atoms with Gasteiger partial charge in [0.1, 0.15) is 0 Å². The molecule has 0 saturated carbocycles. The number of methoxy groups -OCH3 is 1. The fourth-order valence-electron chi connectivity index (χ4n) is 4.39. The highest BCUT2D eigenvalue weighted by molar-refractivity contribution is 5.89. The van der Waals surface area contributed by atoms with Crippen LogP contribution < -0.4 is 10.1 Å². The van der Waals surface area contributed by atoms with Crippen LogP contribution in [0.4, 0.5) is 10.5 Å². The van der Waals surface area contributed by atoms with Gasteiger partial charge in [0.2, 0.25) is 0 Å². The maximum absolute atomic E-state index is 13.2. The van der Waals surface area contributed by atoms with E-state index in [1.807, 2.05) is 35.2 Å². The number of carbonyl (C=O) groups excluding carboxylic acids is 1.